The van der Waals surface area contributed by atoms with E-state index >= 15 is 0 Å². The monoisotopic (exact) mass is 552 g/mol. The Kier molecular flexibility index (Phi) is 9.07. The van der Waals surface area contributed by atoms with Crippen molar-refractivity contribution in [3.63, 3.8) is 0 Å². The van der Waals surface area contributed by atoms with E-state index in [4.69, 9.17) is 9.72 Å². The van der Waals surface area contributed by atoms with Gasteiger partial charge in [-0.1, -0.05) is 75.7 Å². The number of imidazole rings is 1. The van der Waals surface area contributed by atoms with Crippen LogP contribution in [0.15, 0.2) is 54.6 Å². The van der Waals surface area contributed by atoms with Crippen LogP contribution in [0.1, 0.15) is 76.2 Å². The molecule has 1 unspecified atom stereocenters. The van der Waals surface area contributed by atoms with Crippen molar-refractivity contribution in [1.29, 1.82) is 0 Å². The molecule has 2 aromatic carbocycles. The van der Waals surface area contributed by atoms with Crippen molar-refractivity contribution in [2.45, 2.75) is 72.8 Å². The zero-order valence-corrected chi connectivity index (χ0v) is 24.6. The molecule has 0 amide bonds. The lowest BCUT2D eigenvalue weighted by Crippen LogP contribution is -2.13. The fourth-order valence-corrected chi connectivity index (χ4v) is 5.79. The highest BCUT2D eigenvalue weighted by Crippen LogP contribution is 2.37. The number of rotatable bonds is 10. The summed E-state index contributed by atoms with van der Waals surface area (Å²) in [5.74, 6) is 2.43. The average Bonchev–Trinajstić information content (AvgIpc) is 3.58. The Balaban J connectivity index is 1.52. The van der Waals surface area contributed by atoms with E-state index in [-0.39, 0.29) is 5.97 Å². The second-order valence-electron chi connectivity index (χ2n) is 11.2. The third kappa shape index (κ3) is 6.47. The van der Waals surface area contributed by atoms with Gasteiger partial charge in [0.15, 0.2) is 0 Å². The molecular formula is C33H40N6O2. The van der Waals surface area contributed by atoms with Gasteiger partial charge in [0.2, 0.25) is 5.82 Å². The highest BCUT2D eigenvalue weighted by atomic mass is 16.5. The topological polar surface area (TPSA) is 98.6 Å². The smallest absolute Gasteiger partial charge is 0.331 e. The zero-order chi connectivity index (χ0) is 28.8. The van der Waals surface area contributed by atoms with E-state index in [1.807, 2.05) is 25.1 Å². The number of hydrogen-bond donors (Lipinski definition) is 1. The second-order valence-corrected chi connectivity index (χ2v) is 11.2. The average molecular weight is 553 g/mol. The predicted molar refractivity (Wildman–Crippen MR) is 161 cm³/mol. The highest BCUT2D eigenvalue weighted by molar-refractivity contribution is 5.91. The molecule has 8 heteroatoms. The Bertz CT molecular complexity index is 1480. The number of aromatic nitrogens is 6. The minimum atomic E-state index is -0.273. The van der Waals surface area contributed by atoms with E-state index in [9.17, 15) is 4.79 Å². The number of aryl methyl sites for hydroxylation is 2. The van der Waals surface area contributed by atoms with Crippen LogP contribution in [-0.4, -0.2) is 42.8 Å². The number of tetrazole rings is 1. The quantitative estimate of drug-likeness (QED) is 0.134. The molecule has 0 saturated carbocycles. The van der Waals surface area contributed by atoms with Crippen molar-refractivity contribution in [2.24, 2.45) is 11.8 Å². The first kappa shape index (κ1) is 28.5. The molecule has 2 heterocycles. The molecule has 0 radical (unpaired) electrons. The fourth-order valence-electron chi connectivity index (χ4n) is 5.79. The third-order valence-corrected chi connectivity index (χ3v) is 8.05. The van der Waals surface area contributed by atoms with Crippen molar-refractivity contribution in [1.82, 2.24) is 30.2 Å². The molecular weight excluding hydrogens is 512 g/mol. The zero-order valence-electron chi connectivity index (χ0n) is 24.6. The summed E-state index contributed by atoms with van der Waals surface area (Å²) < 4.78 is 7.72. The lowest BCUT2D eigenvalue weighted by atomic mass is 9.87. The van der Waals surface area contributed by atoms with Gasteiger partial charge in [-0.15, -0.1) is 10.2 Å². The molecule has 0 saturated heterocycles. The van der Waals surface area contributed by atoms with Gasteiger partial charge in [-0.2, -0.15) is 5.21 Å². The molecule has 41 heavy (non-hydrogen) atoms. The summed E-state index contributed by atoms with van der Waals surface area (Å²) in [6.45, 7) is 9.67. The molecule has 5 rings (SSSR count). The fraction of sp³-hybridized carbons (Fsp3) is 0.424. The van der Waals surface area contributed by atoms with E-state index in [1.54, 1.807) is 6.08 Å². The number of hydrogen-bond acceptors (Lipinski definition) is 6. The van der Waals surface area contributed by atoms with E-state index in [2.05, 4.69) is 76.3 Å². The summed E-state index contributed by atoms with van der Waals surface area (Å²) in [6.07, 6.45) is 7.68. The maximum atomic E-state index is 12.7. The van der Waals surface area contributed by atoms with Crippen LogP contribution in [-0.2, 0) is 28.9 Å². The first-order valence-corrected chi connectivity index (χ1v) is 14.9. The van der Waals surface area contributed by atoms with E-state index < -0.39 is 0 Å². The number of allylic oxidation sites excluding steroid dienone is 1. The third-order valence-electron chi connectivity index (χ3n) is 8.05. The first-order chi connectivity index (χ1) is 20.0. The number of carbonyl (C=O) groups excluding carboxylic acids is 1. The number of nitrogens with one attached hydrogen (secondary N) is 1. The molecule has 0 fully saturated rings. The van der Waals surface area contributed by atoms with Gasteiger partial charge in [-0.05, 0) is 71.9 Å². The SMILES string of the molecule is CCCCc1nc2c(n1Cc1ccc(-c3ccccc3-c3nn[nH]n3)cc1)C(=CC(=O)OCC)CC(C(C)C)CC2. The van der Waals surface area contributed by atoms with Crippen molar-refractivity contribution in [2.75, 3.05) is 6.61 Å². The summed E-state index contributed by atoms with van der Waals surface area (Å²) in [6, 6.07) is 16.8. The van der Waals surface area contributed by atoms with Crippen molar-refractivity contribution < 1.29 is 9.53 Å². The Morgan fingerprint density at radius 2 is 1.90 bits per heavy atom. The molecule has 0 aliphatic heterocycles. The summed E-state index contributed by atoms with van der Waals surface area (Å²) in [4.78, 5) is 17.9. The predicted octanol–water partition coefficient (Wildman–Crippen LogP) is 6.68. The largest absolute Gasteiger partial charge is 0.463 e. The molecule has 1 atom stereocenters. The Morgan fingerprint density at radius 3 is 2.59 bits per heavy atom. The first-order valence-electron chi connectivity index (χ1n) is 14.9. The van der Waals surface area contributed by atoms with Crippen LogP contribution >= 0.6 is 0 Å². The Hall–Kier alpha value is -4.07. The number of carbonyl (C=O) groups is 1. The van der Waals surface area contributed by atoms with Crippen LogP contribution in [0, 0.1) is 11.8 Å². The van der Waals surface area contributed by atoms with Gasteiger partial charge in [0, 0.05) is 24.6 Å². The van der Waals surface area contributed by atoms with Crippen LogP contribution in [0.5, 0.6) is 0 Å². The maximum Gasteiger partial charge on any atom is 0.331 e. The molecule has 4 aromatic rings. The van der Waals surface area contributed by atoms with Crippen molar-refractivity contribution in [3.05, 3.63) is 77.4 Å². The van der Waals surface area contributed by atoms with Crippen LogP contribution in [0.3, 0.4) is 0 Å². The molecule has 8 nitrogen and oxygen atoms in total. The van der Waals surface area contributed by atoms with Crippen LogP contribution < -0.4 is 0 Å². The van der Waals surface area contributed by atoms with E-state index in [0.717, 1.165) is 78.0 Å². The summed E-state index contributed by atoms with van der Waals surface area (Å²) in [5.41, 5.74) is 7.54. The van der Waals surface area contributed by atoms with E-state index in [0.29, 0.717) is 30.8 Å². The van der Waals surface area contributed by atoms with Crippen molar-refractivity contribution in [3.8, 4) is 22.5 Å². The number of fused-ring (bicyclic) bond motifs is 1. The second kappa shape index (κ2) is 13.1. The number of ether oxygens (including phenoxy) is 1. The van der Waals surface area contributed by atoms with Gasteiger partial charge in [-0.25, -0.2) is 9.78 Å². The number of H-pyrrole nitrogens is 1. The minimum Gasteiger partial charge on any atom is -0.463 e. The molecule has 1 N–H and O–H groups in total. The molecule has 2 aromatic heterocycles. The Labute approximate surface area is 242 Å². The minimum absolute atomic E-state index is 0.273. The molecule has 1 aliphatic carbocycles. The van der Waals surface area contributed by atoms with E-state index in [1.165, 1.54) is 5.56 Å². The molecule has 0 spiro atoms. The van der Waals surface area contributed by atoms with Crippen LogP contribution in [0.4, 0.5) is 0 Å². The number of benzene rings is 2. The summed E-state index contributed by atoms with van der Waals surface area (Å²) >= 11 is 0. The lowest BCUT2D eigenvalue weighted by Gasteiger charge is -2.20. The summed E-state index contributed by atoms with van der Waals surface area (Å²) in [7, 11) is 0. The normalized spacial score (nSPS) is 16.1. The Morgan fingerprint density at radius 1 is 1.12 bits per heavy atom. The van der Waals surface area contributed by atoms with Gasteiger partial charge >= 0.3 is 5.97 Å². The van der Waals surface area contributed by atoms with Crippen LogP contribution in [0.2, 0.25) is 0 Å². The van der Waals surface area contributed by atoms with Gasteiger partial charge < -0.3 is 9.30 Å². The number of nitrogens with zero attached hydrogens (tertiary/aromatic N) is 5. The standard InChI is InChI=1S/C33H40N6O2/c1-5-7-12-30-34-29-18-17-25(22(3)4)19-26(20-31(40)41-6-2)32(29)39(30)21-23-13-15-24(16-14-23)27-10-8-9-11-28(27)33-35-37-38-36-33/h8-11,13-16,20,22,25H,5-7,12,17-19,21H2,1-4H3,(H,35,36,37,38). The van der Waals surface area contributed by atoms with Gasteiger partial charge in [0.05, 0.1) is 18.0 Å². The van der Waals surface area contributed by atoms with Crippen molar-refractivity contribution >= 4 is 11.5 Å². The molecule has 214 valence electrons. The number of aromatic amines is 1. The molecule has 0 bridgehead atoms. The van der Waals surface area contributed by atoms with Crippen LogP contribution in [0.25, 0.3) is 28.1 Å². The van der Waals surface area contributed by atoms with Gasteiger partial charge in [0.25, 0.3) is 0 Å². The lowest BCUT2D eigenvalue weighted by molar-refractivity contribution is -0.137. The summed E-state index contributed by atoms with van der Waals surface area (Å²) in [5, 5.41) is 14.6. The number of esters is 1. The number of unbranched alkanes of at least 4 members (excludes halogenated alkanes) is 1. The molecule has 1 aliphatic rings. The maximum absolute atomic E-state index is 12.7. The van der Waals surface area contributed by atoms with Gasteiger partial charge in [0.1, 0.15) is 5.82 Å². The highest BCUT2D eigenvalue weighted by Gasteiger charge is 2.28. The van der Waals surface area contributed by atoms with Gasteiger partial charge in [-0.3, -0.25) is 0 Å².